The second-order valence-electron chi connectivity index (χ2n) is 5.64. The van der Waals surface area contributed by atoms with E-state index in [1.165, 1.54) is 57.9 Å². The molecule has 0 bridgehead atoms. The Morgan fingerprint density at radius 1 is 1.07 bits per heavy atom. The van der Waals surface area contributed by atoms with Gasteiger partial charge in [-0.2, -0.15) is 0 Å². The van der Waals surface area contributed by atoms with Gasteiger partial charge < -0.3 is 9.47 Å². The second kappa shape index (κ2) is 4.10. The third-order valence-corrected chi connectivity index (χ3v) is 4.88. The zero-order valence-corrected chi connectivity index (χ0v) is 9.71. The van der Waals surface area contributed by atoms with E-state index in [2.05, 4.69) is 4.81 Å². The average Bonchev–Trinajstić information content (AvgIpc) is 2.75. The lowest BCUT2D eigenvalue weighted by molar-refractivity contribution is 0.0475. The SMILES string of the molecule is B1OCC2(C3CCCCC3)CCCCN12. The lowest BCUT2D eigenvalue weighted by Gasteiger charge is -2.48. The van der Waals surface area contributed by atoms with Crippen LogP contribution in [0.4, 0.5) is 0 Å². The molecule has 0 aromatic carbocycles. The molecule has 15 heavy (non-hydrogen) atoms. The maximum atomic E-state index is 5.77. The Morgan fingerprint density at radius 2 is 1.93 bits per heavy atom. The number of fused-ring (bicyclic) bond motifs is 1. The maximum Gasteiger partial charge on any atom is 0.364 e. The van der Waals surface area contributed by atoms with E-state index < -0.39 is 0 Å². The fourth-order valence-corrected chi connectivity index (χ4v) is 4.02. The van der Waals surface area contributed by atoms with Gasteiger partial charge in [0.05, 0.1) is 0 Å². The minimum absolute atomic E-state index is 0.471. The van der Waals surface area contributed by atoms with Crippen molar-refractivity contribution in [3.63, 3.8) is 0 Å². The highest BCUT2D eigenvalue weighted by Crippen LogP contribution is 2.44. The van der Waals surface area contributed by atoms with Crippen molar-refractivity contribution in [3.8, 4) is 0 Å². The molecule has 2 saturated heterocycles. The Labute approximate surface area is 93.7 Å². The molecule has 0 aromatic heterocycles. The van der Waals surface area contributed by atoms with Crippen LogP contribution in [0.25, 0.3) is 0 Å². The van der Waals surface area contributed by atoms with Crippen LogP contribution >= 0.6 is 0 Å². The largest absolute Gasteiger partial charge is 0.422 e. The predicted molar refractivity (Wildman–Crippen MR) is 63.0 cm³/mol. The summed E-state index contributed by atoms with van der Waals surface area (Å²) in [5.41, 5.74) is 0.471. The summed E-state index contributed by atoms with van der Waals surface area (Å²) in [6.07, 6.45) is 11.5. The molecule has 3 heteroatoms. The Morgan fingerprint density at radius 3 is 2.80 bits per heavy atom. The van der Waals surface area contributed by atoms with Crippen molar-refractivity contribution in [1.82, 2.24) is 4.81 Å². The maximum absolute atomic E-state index is 5.77. The van der Waals surface area contributed by atoms with Gasteiger partial charge in [-0.3, -0.25) is 0 Å². The van der Waals surface area contributed by atoms with Gasteiger partial charge in [-0.15, -0.1) is 0 Å². The quantitative estimate of drug-likeness (QED) is 0.610. The highest BCUT2D eigenvalue weighted by Gasteiger charge is 2.48. The van der Waals surface area contributed by atoms with Crippen LogP contribution in [0.15, 0.2) is 0 Å². The minimum atomic E-state index is 0.471. The number of nitrogens with zero attached hydrogens (tertiary/aromatic N) is 1. The Hall–Kier alpha value is -0.0151. The van der Waals surface area contributed by atoms with Crippen molar-refractivity contribution in [2.24, 2.45) is 5.92 Å². The lowest BCUT2D eigenvalue weighted by atomic mass is 9.69. The van der Waals surface area contributed by atoms with E-state index in [0.717, 1.165) is 20.1 Å². The summed E-state index contributed by atoms with van der Waals surface area (Å²) in [4.78, 5) is 2.66. The summed E-state index contributed by atoms with van der Waals surface area (Å²) < 4.78 is 5.77. The molecule has 1 saturated carbocycles. The van der Waals surface area contributed by atoms with Crippen LogP contribution < -0.4 is 0 Å². The molecule has 3 rings (SSSR count). The van der Waals surface area contributed by atoms with Crippen molar-refractivity contribution in [2.45, 2.75) is 56.9 Å². The van der Waals surface area contributed by atoms with Gasteiger partial charge in [0.2, 0.25) is 0 Å². The van der Waals surface area contributed by atoms with Crippen LogP contribution in [0.3, 0.4) is 0 Å². The number of rotatable bonds is 1. The van der Waals surface area contributed by atoms with E-state index >= 15 is 0 Å². The molecule has 1 atom stereocenters. The van der Waals surface area contributed by atoms with Gasteiger partial charge in [0, 0.05) is 12.1 Å². The summed E-state index contributed by atoms with van der Waals surface area (Å²) in [6.45, 7) is 2.31. The molecular weight excluding hydrogens is 185 g/mol. The van der Waals surface area contributed by atoms with E-state index in [0.29, 0.717) is 5.54 Å². The van der Waals surface area contributed by atoms with Gasteiger partial charge in [-0.05, 0) is 38.1 Å². The summed E-state index contributed by atoms with van der Waals surface area (Å²) in [5, 5.41) is 0. The zero-order chi connectivity index (χ0) is 10.1. The van der Waals surface area contributed by atoms with Crippen LogP contribution in [0.5, 0.6) is 0 Å². The molecule has 84 valence electrons. The monoisotopic (exact) mass is 207 g/mol. The molecule has 2 aliphatic heterocycles. The summed E-state index contributed by atoms with van der Waals surface area (Å²) >= 11 is 0. The van der Waals surface area contributed by atoms with Crippen molar-refractivity contribution in [2.75, 3.05) is 13.2 Å². The lowest BCUT2D eigenvalue weighted by Crippen LogP contribution is -2.55. The van der Waals surface area contributed by atoms with Crippen molar-refractivity contribution in [3.05, 3.63) is 0 Å². The number of piperidine rings is 1. The van der Waals surface area contributed by atoms with E-state index in [1.54, 1.807) is 0 Å². The van der Waals surface area contributed by atoms with Gasteiger partial charge in [0.25, 0.3) is 0 Å². The molecule has 2 nitrogen and oxygen atoms in total. The molecule has 0 N–H and O–H groups in total. The molecule has 0 spiro atoms. The third kappa shape index (κ3) is 1.64. The van der Waals surface area contributed by atoms with Crippen LogP contribution in [0.2, 0.25) is 0 Å². The van der Waals surface area contributed by atoms with E-state index in [4.69, 9.17) is 4.65 Å². The van der Waals surface area contributed by atoms with Crippen LogP contribution in [0, 0.1) is 5.92 Å². The Balaban J connectivity index is 1.79. The number of hydrogen-bond donors (Lipinski definition) is 0. The molecule has 2 heterocycles. The first-order valence-electron chi connectivity index (χ1n) is 6.75. The van der Waals surface area contributed by atoms with Crippen LogP contribution in [-0.4, -0.2) is 31.1 Å². The van der Waals surface area contributed by atoms with Crippen LogP contribution in [0.1, 0.15) is 51.4 Å². The van der Waals surface area contributed by atoms with Gasteiger partial charge >= 0.3 is 7.62 Å². The topological polar surface area (TPSA) is 12.5 Å². The Kier molecular flexibility index (Phi) is 2.78. The second-order valence-corrected chi connectivity index (χ2v) is 5.64. The highest BCUT2D eigenvalue weighted by atomic mass is 16.4. The first-order chi connectivity index (χ1) is 7.42. The van der Waals surface area contributed by atoms with Crippen molar-refractivity contribution in [1.29, 1.82) is 0 Å². The highest BCUT2D eigenvalue weighted by molar-refractivity contribution is 6.24. The molecule has 3 aliphatic rings. The average molecular weight is 207 g/mol. The first kappa shape index (κ1) is 10.2. The molecular formula is C12H22BNO. The summed E-state index contributed by atoms with van der Waals surface area (Å²) in [6, 6.07) is 0. The summed E-state index contributed by atoms with van der Waals surface area (Å²) in [7, 11) is 0.913. The fraction of sp³-hybridized carbons (Fsp3) is 1.00. The van der Waals surface area contributed by atoms with E-state index in [-0.39, 0.29) is 0 Å². The molecule has 1 unspecified atom stereocenters. The van der Waals surface area contributed by atoms with Crippen molar-refractivity contribution >= 4 is 7.62 Å². The molecule has 3 fully saturated rings. The fourth-order valence-electron chi connectivity index (χ4n) is 4.02. The number of hydrogen-bond acceptors (Lipinski definition) is 2. The van der Waals surface area contributed by atoms with Crippen molar-refractivity contribution < 1.29 is 4.65 Å². The smallest absolute Gasteiger partial charge is 0.364 e. The molecule has 0 aromatic rings. The van der Waals surface area contributed by atoms with Gasteiger partial charge in [0.1, 0.15) is 0 Å². The van der Waals surface area contributed by atoms with E-state index in [1.807, 2.05) is 0 Å². The zero-order valence-electron chi connectivity index (χ0n) is 9.71. The predicted octanol–water partition coefficient (Wildman–Crippen LogP) is 2.09. The standard InChI is InChI=1S/C12H22BNO/c1-2-6-11(7-3-1)12-8-4-5-9-14(12)13-15-10-12/h11,13H,1-10H2. The normalized spacial score (nSPS) is 38.7. The summed E-state index contributed by atoms with van der Waals surface area (Å²) in [5.74, 6) is 0.939. The first-order valence-corrected chi connectivity index (χ1v) is 6.75. The van der Waals surface area contributed by atoms with E-state index in [9.17, 15) is 0 Å². The molecule has 0 amide bonds. The molecule has 1 aliphatic carbocycles. The van der Waals surface area contributed by atoms with Gasteiger partial charge in [0.15, 0.2) is 0 Å². The van der Waals surface area contributed by atoms with Gasteiger partial charge in [-0.25, -0.2) is 0 Å². The van der Waals surface area contributed by atoms with Crippen LogP contribution in [-0.2, 0) is 4.65 Å². The molecule has 0 radical (unpaired) electrons. The third-order valence-electron chi connectivity index (χ3n) is 4.88. The van der Waals surface area contributed by atoms with Gasteiger partial charge in [-0.1, -0.05) is 25.7 Å². The Bertz CT molecular complexity index is 230. The minimum Gasteiger partial charge on any atom is -0.422 e.